The molecule has 0 unspecified atom stereocenters. The van der Waals surface area contributed by atoms with Crippen LogP contribution in [-0.4, -0.2) is 35.5 Å². The standard InChI is InChI=1S/C15H17F2NO3/c1-18(7-3-6-13(19)20)15(21)11-8-10(11)9-4-2-5-12(16)14(9)17/h2,4-5,10-11H,3,6-8H2,1H3,(H,19,20)/t10-,11+/m0/s1. The first-order chi connectivity index (χ1) is 9.91. The van der Waals surface area contributed by atoms with Gasteiger partial charge in [-0.25, -0.2) is 8.78 Å². The highest BCUT2D eigenvalue weighted by atomic mass is 19.2. The molecule has 0 bridgehead atoms. The summed E-state index contributed by atoms with van der Waals surface area (Å²) in [5, 5.41) is 8.55. The van der Waals surface area contributed by atoms with E-state index in [0.29, 0.717) is 19.4 Å². The number of carboxylic acids is 1. The minimum absolute atomic E-state index is 0.00421. The third kappa shape index (κ3) is 3.56. The van der Waals surface area contributed by atoms with Gasteiger partial charge in [0, 0.05) is 25.9 Å². The summed E-state index contributed by atoms with van der Waals surface area (Å²) in [6.45, 7) is 0.347. The van der Waals surface area contributed by atoms with Gasteiger partial charge in [0.05, 0.1) is 0 Å². The Hall–Kier alpha value is -1.98. The number of amides is 1. The fourth-order valence-electron chi connectivity index (χ4n) is 2.48. The van der Waals surface area contributed by atoms with Gasteiger partial charge in [0.15, 0.2) is 11.6 Å². The normalized spacial score (nSPS) is 20.1. The highest BCUT2D eigenvalue weighted by Gasteiger charge is 2.46. The second kappa shape index (κ2) is 6.20. The second-order valence-electron chi connectivity index (χ2n) is 5.35. The van der Waals surface area contributed by atoms with Crippen LogP contribution < -0.4 is 0 Å². The summed E-state index contributed by atoms with van der Waals surface area (Å²) < 4.78 is 26.8. The summed E-state index contributed by atoms with van der Waals surface area (Å²) in [6, 6.07) is 3.99. The van der Waals surface area contributed by atoms with Gasteiger partial charge < -0.3 is 10.0 Å². The Balaban J connectivity index is 1.91. The van der Waals surface area contributed by atoms with Crippen molar-refractivity contribution < 1.29 is 23.5 Å². The Morgan fingerprint density at radius 3 is 2.76 bits per heavy atom. The average Bonchev–Trinajstić information content (AvgIpc) is 3.20. The first-order valence-electron chi connectivity index (χ1n) is 6.82. The summed E-state index contributed by atoms with van der Waals surface area (Å²) in [5.74, 6) is -3.45. The third-order valence-corrected chi connectivity index (χ3v) is 3.75. The van der Waals surface area contributed by atoms with Crippen molar-refractivity contribution in [3.05, 3.63) is 35.4 Å². The van der Waals surface area contributed by atoms with Gasteiger partial charge in [0.1, 0.15) is 0 Å². The number of rotatable bonds is 6. The Labute approximate surface area is 121 Å². The zero-order valence-corrected chi connectivity index (χ0v) is 11.7. The lowest BCUT2D eigenvalue weighted by Gasteiger charge is -2.16. The molecule has 1 aromatic carbocycles. The Kier molecular flexibility index (Phi) is 4.55. The molecule has 0 spiro atoms. The van der Waals surface area contributed by atoms with Crippen LogP contribution in [0, 0.1) is 17.6 Å². The number of halogens is 2. The van der Waals surface area contributed by atoms with Gasteiger partial charge in [0.25, 0.3) is 0 Å². The molecule has 1 aliphatic carbocycles. The third-order valence-electron chi connectivity index (χ3n) is 3.75. The van der Waals surface area contributed by atoms with Crippen LogP contribution in [0.15, 0.2) is 18.2 Å². The number of hydrogen-bond donors (Lipinski definition) is 1. The van der Waals surface area contributed by atoms with Crippen LogP contribution in [0.25, 0.3) is 0 Å². The van der Waals surface area contributed by atoms with Crippen LogP contribution >= 0.6 is 0 Å². The molecule has 114 valence electrons. The maximum Gasteiger partial charge on any atom is 0.303 e. The van der Waals surface area contributed by atoms with E-state index in [1.165, 1.54) is 17.0 Å². The molecular weight excluding hydrogens is 280 g/mol. The van der Waals surface area contributed by atoms with Gasteiger partial charge in [-0.05, 0) is 30.4 Å². The zero-order chi connectivity index (χ0) is 15.6. The molecule has 1 aliphatic rings. The van der Waals surface area contributed by atoms with Crippen molar-refractivity contribution in [2.24, 2.45) is 5.92 Å². The zero-order valence-electron chi connectivity index (χ0n) is 11.7. The van der Waals surface area contributed by atoms with Crippen molar-refractivity contribution in [1.82, 2.24) is 4.90 Å². The van der Waals surface area contributed by atoms with Crippen molar-refractivity contribution in [2.75, 3.05) is 13.6 Å². The Morgan fingerprint density at radius 2 is 2.10 bits per heavy atom. The number of carboxylic acid groups (broad SMARTS) is 1. The van der Waals surface area contributed by atoms with Gasteiger partial charge in [0.2, 0.25) is 5.91 Å². The van der Waals surface area contributed by atoms with Crippen molar-refractivity contribution in [2.45, 2.75) is 25.2 Å². The van der Waals surface area contributed by atoms with Crippen LogP contribution in [-0.2, 0) is 9.59 Å². The maximum atomic E-state index is 13.7. The van der Waals surface area contributed by atoms with E-state index in [9.17, 15) is 18.4 Å². The fourth-order valence-corrected chi connectivity index (χ4v) is 2.48. The number of benzene rings is 1. The van der Waals surface area contributed by atoms with Crippen LogP contribution in [0.5, 0.6) is 0 Å². The molecule has 6 heteroatoms. The summed E-state index contributed by atoms with van der Waals surface area (Å²) in [6.07, 6.45) is 0.885. The molecule has 2 rings (SSSR count). The van der Waals surface area contributed by atoms with E-state index in [4.69, 9.17) is 5.11 Å². The molecular formula is C15H17F2NO3. The number of hydrogen-bond acceptors (Lipinski definition) is 2. The summed E-state index contributed by atoms with van der Waals surface area (Å²) >= 11 is 0. The molecule has 21 heavy (non-hydrogen) atoms. The lowest BCUT2D eigenvalue weighted by atomic mass is 10.1. The largest absolute Gasteiger partial charge is 0.481 e. The number of aliphatic carboxylic acids is 1. The highest BCUT2D eigenvalue weighted by molar-refractivity contribution is 5.82. The molecule has 4 nitrogen and oxygen atoms in total. The summed E-state index contributed by atoms with van der Waals surface area (Å²) in [7, 11) is 1.60. The van der Waals surface area contributed by atoms with Crippen LogP contribution in [0.3, 0.4) is 0 Å². The van der Waals surface area contributed by atoms with Crippen LogP contribution in [0.2, 0.25) is 0 Å². The van der Waals surface area contributed by atoms with E-state index in [-0.39, 0.29) is 29.7 Å². The molecule has 0 aliphatic heterocycles. The molecule has 1 amide bonds. The van der Waals surface area contributed by atoms with Gasteiger partial charge in [-0.1, -0.05) is 12.1 Å². The van der Waals surface area contributed by atoms with E-state index < -0.39 is 17.6 Å². The van der Waals surface area contributed by atoms with E-state index in [2.05, 4.69) is 0 Å². The lowest BCUT2D eigenvalue weighted by Crippen LogP contribution is -2.29. The molecule has 0 aromatic heterocycles. The molecule has 0 heterocycles. The van der Waals surface area contributed by atoms with Crippen molar-refractivity contribution in [3.8, 4) is 0 Å². The van der Waals surface area contributed by atoms with Gasteiger partial charge >= 0.3 is 5.97 Å². The van der Waals surface area contributed by atoms with E-state index in [0.717, 1.165) is 6.07 Å². The van der Waals surface area contributed by atoms with E-state index in [1.807, 2.05) is 0 Å². The second-order valence-corrected chi connectivity index (χ2v) is 5.35. The Morgan fingerprint density at radius 1 is 1.38 bits per heavy atom. The smallest absolute Gasteiger partial charge is 0.303 e. The SMILES string of the molecule is CN(CCCC(=O)O)C(=O)[C@@H]1C[C@H]1c1cccc(F)c1F. The molecule has 0 radical (unpaired) electrons. The predicted molar refractivity (Wildman–Crippen MR) is 71.7 cm³/mol. The van der Waals surface area contributed by atoms with Gasteiger partial charge in [-0.15, -0.1) is 0 Å². The Bertz CT molecular complexity index is 562. The average molecular weight is 297 g/mol. The quantitative estimate of drug-likeness (QED) is 0.877. The van der Waals surface area contributed by atoms with Gasteiger partial charge in [-0.2, -0.15) is 0 Å². The first-order valence-corrected chi connectivity index (χ1v) is 6.82. The van der Waals surface area contributed by atoms with Crippen molar-refractivity contribution in [1.29, 1.82) is 0 Å². The van der Waals surface area contributed by atoms with Crippen molar-refractivity contribution >= 4 is 11.9 Å². The van der Waals surface area contributed by atoms with E-state index >= 15 is 0 Å². The van der Waals surface area contributed by atoms with Crippen molar-refractivity contribution in [3.63, 3.8) is 0 Å². The monoisotopic (exact) mass is 297 g/mol. The molecule has 1 fully saturated rings. The number of carbonyl (C=O) groups excluding carboxylic acids is 1. The fraction of sp³-hybridized carbons (Fsp3) is 0.467. The first kappa shape index (κ1) is 15.4. The predicted octanol–water partition coefficient (Wildman–Crippen LogP) is 2.39. The minimum atomic E-state index is -0.902. The molecule has 1 saturated carbocycles. The van der Waals surface area contributed by atoms with Crippen LogP contribution in [0.1, 0.15) is 30.7 Å². The van der Waals surface area contributed by atoms with Gasteiger partial charge in [-0.3, -0.25) is 9.59 Å². The minimum Gasteiger partial charge on any atom is -0.481 e. The summed E-state index contributed by atoms with van der Waals surface area (Å²) in [4.78, 5) is 24.0. The topological polar surface area (TPSA) is 57.6 Å². The molecule has 0 saturated heterocycles. The van der Waals surface area contributed by atoms with E-state index in [1.54, 1.807) is 7.05 Å². The lowest BCUT2D eigenvalue weighted by molar-refractivity contribution is -0.138. The summed E-state index contributed by atoms with van der Waals surface area (Å²) in [5.41, 5.74) is 0.243. The van der Waals surface area contributed by atoms with Crippen LogP contribution in [0.4, 0.5) is 8.78 Å². The molecule has 2 atom stereocenters. The molecule has 1 aromatic rings. The number of nitrogens with zero attached hydrogens (tertiary/aromatic N) is 1. The number of carbonyl (C=O) groups is 2. The molecule has 1 N–H and O–H groups in total. The maximum absolute atomic E-state index is 13.7. The highest BCUT2D eigenvalue weighted by Crippen LogP contribution is 2.49.